The van der Waals surface area contributed by atoms with E-state index in [9.17, 15) is 14.5 Å². The Balaban J connectivity index is 2.24. The molecule has 1 fully saturated rings. The molecule has 0 aromatic heterocycles. The van der Waals surface area contributed by atoms with Crippen LogP contribution in [-0.4, -0.2) is 24.1 Å². The molecule has 1 aromatic carbocycles. The molecule has 18 heavy (non-hydrogen) atoms. The predicted molar refractivity (Wildman–Crippen MR) is 64.3 cm³/mol. The van der Waals surface area contributed by atoms with Crippen LogP contribution < -0.4 is 10.1 Å². The van der Waals surface area contributed by atoms with Crippen LogP contribution in [0.25, 0.3) is 0 Å². The Morgan fingerprint density at radius 2 is 2.33 bits per heavy atom. The van der Waals surface area contributed by atoms with Gasteiger partial charge in [0.25, 0.3) is 0 Å². The first-order valence-corrected chi connectivity index (χ1v) is 5.90. The van der Waals surface area contributed by atoms with E-state index < -0.39 is 10.7 Å². The summed E-state index contributed by atoms with van der Waals surface area (Å²) in [5.74, 6) is -0.441. The Labute approximate surface area is 104 Å². The summed E-state index contributed by atoms with van der Waals surface area (Å²) in [5.41, 5.74) is 0.0306. The fourth-order valence-electron chi connectivity index (χ4n) is 1.98. The number of hydrogen-bond acceptors (Lipinski definition) is 4. The number of nitro groups is 1. The largest absolute Gasteiger partial charge is 0.482 e. The van der Waals surface area contributed by atoms with E-state index in [1.807, 2.05) is 0 Å². The van der Waals surface area contributed by atoms with Gasteiger partial charge in [-0.3, -0.25) is 10.1 Å². The number of benzene rings is 1. The van der Waals surface area contributed by atoms with Crippen LogP contribution in [0.1, 0.15) is 18.4 Å². The summed E-state index contributed by atoms with van der Waals surface area (Å²) in [6, 6.07) is 2.31. The van der Waals surface area contributed by atoms with Crippen molar-refractivity contribution in [2.75, 3.05) is 13.1 Å². The van der Waals surface area contributed by atoms with E-state index in [4.69, 9.17) is 4.74 Å². The molecule has 0 radical (unpaired) electrons. The van der Waals surface area contributed by atoms with Gasteiger partial charge in [-0.25, -0.2) is 4.39 Å². The molecule has 1 heterocycles. The van der Waals surface area contributed by atoms with E-state index in [0.29, 0.717) is 12.1 Å². The third-order valence-corrected chi connectivity index (χ3v) is 2.98. The van der Waals surface area contributed by atoms with Gasteiger partial charge in [-0.1, -0.05) is 0 Å². The lowest BCUT2D eigenvalue weighted by Gasteiger charge is -2.23. The first-order valence-electron chi connectivity index (χ1n) is 5.90. The maximum atomic E-state index is 13.3. The molecule has 98 valence electrons. The van der Waals surface area contributed by atoms with Gasteiger partial charge in [0.2, 0.25) is 0 Å². The summed E-state index contributed by atoms with van der Waals surface area (Å²) in [6.45, 7) is 3.16. The molecular formula is C12H15FN2O3. The summed E-state index contributed by atoms with van der Waals surface area (Å²) >= 11 is 0. The highest BCUT2D eigenvalue weighted by Gasteiger charge is 2.22. The summed E-state index contributed by atoms with van der Waals surface area (Å²) < 4.78 is 18.9. The van der Waals surface area contributed by atoms with Crippen LogP contribution in [0.4, 0.5) is 10.1 Å². The van der Waals surface area contributed by atoms with E-state index in [1.54, 1.807) is 6.92 Å². The number of piperidine rings is 1. The van der Waals surface area contributed by atoms with Gasteiger partial charge in [-0.2, -0.15) is 0 Å². The average molecular weight is 254 g/mol. The highest BCUT2D eigenvalue weighted by atomic mass is 19.1. The zero-order chi connectivity index (χ0) is 13.1. The molecule has 0 bridgehead atoms. The fraction of sp³-hybridized carbons (Fsp3) is 0.500. The molecule has 0 saturated carbocycles. The number of aryl methyl sites for hydroxylation is 1. The molecule has 0 unspecified atom stereocenters. The van der Waals surface area contributed by atoms with E-state index in [-0.39, 0.29) is 17.5 Å². The van der Waals surface area contributed by atoms with Crippen molar-refractivity contribution in [3.63, 3.8) is 0 Å². The SMILES string of the molecule is Cc1cc(O[C@H]2CCCNC2)c([N+](=O)[O-])cc1F. The molecule has 2 rings (SSSR count). The van der Waals surface area contributed by atoms with Crippen LogP contribution in [-0.2, 0) is 0 Å². The second-order valence-electron chi connectivity index (χ2n) is 4.41. The van der Waals surface area contributed by atoms with E-state index in [2.05, 4.69) is 5.32 Å². The Hall–Kier alpha value is -1.69. The highest BCUT2D eigenvalue weighted by Crippen LogP contribution is 2.31. The van der Waals surface area contributed by atoms with Crippen LogP contribution in [0.15, 0.2) is 12.1 Å². The van der Waals surface area contributed by atoms with Crippen LogP contribution >= 0.6 is 0 Å². The van der Waals surface area contributed by atoms with Gasteiger partial charge < -0.3 is 10.1 Å². The third-order valence-electron chi connectivity index (χ3n) is 2.98. The minimum Gasteiger partial charge on any atom is -0.482 e. The van der Waals surface area contributed by atoms with Crippen molar-refractivity contribution >= 4 is 5.69 Å². The Morgan fingerprint density at radius 1 is 1.56 bits per heavy atom. The number of rotatable bonds is 3. The zero-order valence-corrected chi connectivity index (χ0v) is 10.1. The van der Waals surface area contributed by atoms with E-state index >= 15 is 0 Å². The standard InChI is InChI=1S/C12H15FN2O3/c1-8-5-12(11(15(16)17)6-10(8)13)18-9-3-2-4-14-7-9/h5-6,9,14H,2-4,7H2,1H3/t9-/m0/s1. The molecule has 0 aliphatic carbocycles. The van der Waals surface area contributed by atoms with Crippen molar-refractivity contribution < 1.29 is 14.1 Å². The summed E-state index contributed by atoms with van der Waals surface area (Å²) in [4.78, 5) is 10.3. The second kappa shape index (κ2) is 5.30. The predicted octanol–water partition coefficient (Wildman–Crippen LogP) is 2.17. The smallest absolute Gasteiger partial charge is 0.313 e. The van der Waals surface area contributed by atoms with Crippen LogP contribution in [0.2, 0.25) is 0 Å². The molecule has 1 N–H and O–H groups in total. The second-order valence-corrected chi connectivity index (χ2v) is 4.41. The number of nitro benzene ring substituents is 1. The maximum Gasteiger partial charge on any atom is 0.313 e. The Kier molecular flexibility index (Phi) is 3.76. The summed E-state index contributed by atoms with van der Waals surface area (Å²) in [5, 5.41) is 14.0. The number of nitrogens with one attached hydrogen (secondary N) is 1. The monoisotopic (exact) mass is 254 g/mol. The van der Waals surface area contributed by atoms with Crippen LogP contribution in [0.5, 0.6) is 5.75 Å². The van der Waals surface area contributed by atoms with Gasteiger partial charge in [0.05, 0.1) is 11.0 Å². The first-order chi connectivity index (χ1) is 8.58. The van der Waals surface area contributed by atoms with Crippen molar-refractivity contribution in [1.82, 2.24) is 5.32 Å². The van der Waals surface area contributed by atoms with Crippen LogP contribution in [0, 0.1) is 22.9 Å². The molecule has 1 saturated heterocycles. The molecule has 1 aromatic rings. The molecule has 5 nitrogen and oxygen atoms in total. The van der Waals surface area contributed by atoms with Crippen molar-refractivity contribution in [1.29, 1.82) is 0 Å². The molecule has 1 aliphatic heterocycles. The quantitative estimate of drug-likeness (QED) is 0.663. The zero-order valence-electron chi connectivity index (χ0n) is 10.1. The van der Waals surface area contributed by atoms with Gasteiger partial charge in [0.1, 0.15) is 11.9 Å². The molecule has 1 atom stereocenters. The van der Waals surface area contributed by atoms with Crippen molar-refractivity contribution in [2.45, 2.75) is 25.9 Å². The molecule has 6 heteroatoms. The molecule has 0 spiro atoms. The molecule has 1 aliphatic rings. The Morgan fingerprint density at radius 3 is 2.94 bits per heavy atom. The van der Waals surface area contributed by atoms with E-state index in [0.717, 1.165) is 25.5 Å². The topological polar surface area (TPSA) is 64.4 Å². The summed E-state index contributed by atoms with van der Waals surface area (Å²) in [6.07, 6.45) is 1.72. The summed E-state index contributed by atoms with van der Waals surface area (Å²) in [7, 11) is 0. The highest BCUT2D eigenvalue weighted by molar-refractivity contribution is 5.49. The lowest BCUT2D eigenvalue weighted by Crippen LogP contribution is -2.37. The normalized spacial score (nSPS) is 19.6. The minimum atomic E-state index is -0.617. The van der Waals surface area contributed by atoms with Gasteiger partial charge in [0, 0.05) is 6.54 Å². The number of halogens is 1. The first kappa shape index (κ1) is 12.8. The average Bonchev–Trinajstić information content (AvgIpc) is 2.34. The number of hydrogen-bond donors (Lipinski definition) is 1. The minimum absolute atomic E-state index is 0.0951. The van der Waals surface area contributed by atoms with Crippen molar-refractivity contribution in [2.24, 2.45) is 0 Å². The molecule has 0 amide bonds. The lowest BCUT2D eigenvalue weighted by atomic mass is 10.1. The lowest BCUT2D eigenvalue weighted by molar-refractivity contribution is -0.386. The maximum absolute atomic E-state index is 13.3. The van der Waals surface area contributed by atoms with E-state index in [1.165, 1.54) is 6.07 Å². The van der Waals surface area contributed by atoms with Crippen molar-refractivity contribution in [3.8, 4) is 5.75 Å². The van der Waals surface area contributed by atoms with Gasteiger partial charge >= 0.3 is 5.69 Å². The van der Waals surface area contributed by atoms with Gasteiger partial charge in [-0.15, -0.1) is 0 Å². The van der Waals surface area contributed by atoms with Gasteiger partial charge in [-0.05, 0) is 37.9 Å². The number of nitrogens with zero attached hydrogens (tertiary/aromatic N) is 1. The number of ether oxygens (including phenoxy) is 1. The van der Waals surface area contributed by atoms with Crippen molar-refractivity contribution in [3.05, 3.63) is 33.6 Å². The van der Waals surface area contributed by atoms with Gasteiger partial charge in [0.15, 0.2) is 5.75 Å². The molecular weight excluding hydrogens is 239 g/mol. The fourth-order valence-corrected chi connectivity index (χ4v) is 1.98. The third kappa shape index (κ3) is 2.76. The van der Waals surface area contributed by atoms with Crippen LogP contribution in [0.3, 0.4) is 0 Å². The Bertz CT molecular complexity index is 459.